The predicted octanol–water partition coefficient (Wildman–Crippen LogP) is 2.28. The lowest BCUT2D eigenvalue weighted by molar-refractivity contribution is 0.335. The van der Waals surface area contributed by atoms with E-state index in [1.54, 1.807) is 0 Å². The third kappa shape index (κ3) is 3.30. The Hall–Kier alpha value is -0.900. The number of H-pyrrole nitrogens is 1. The normalized spacial score (nSPS) is 13.3. The molecule has 1 unspecified atom stereocenters. The van der Waals surface area contributed by atoms with Gasteiger partial charge in [0.05, 0.1) is 17.9 Å². The van der Waals surface area contributed by atoms with Crippen LogP contribution in [0.3, 0.4) is 0 Å². The fourth-order valence-electron chi connectivity index (χ4n) is 1.93. The second-order valence-electron chi connectivity index (χ2n) is 3.90. The summed E-state index contributed by atoms with van der Waals surface area (Å²) in [5.74, 6) is 0.640. The molecule has 0 radical (unpaired) electrons. The van der Waals surface area contributed by atoms with Gasteiger partial charge in [0.15, 0.2) is 0 Å². The lowest BCUT2D eigenvalue weighted by Gasteiger charge is -2.24. The summed E-state index contributed by atoms with van der Waals surface area (Å²) in [4.78, 5) is 0. The topological polar surface area (TPSA) is 53.6 Å². The molecule has 4 heteroatoms. The molecule has 0 aliphatic rings. The van der Waals surface area contributed by atoms with Gasteiger partial charge in [-0.25, -0.2) is 0 Å². The van der Waals surface area contributed by atoms with Crippen LogP contribution in [0.25, 0.3) is 0 Å². The monoisotopic (exact) mass is 210 g/mol. The molecule has 0 amide bonds. The van der Waals surface area contributed by atoms with Gasteiger partial charge in [-0.3, -0.25) is 0 Å². The van der Waals surface area contributed by atoms with Gasteiger partial charge in [-0.1, -0.05) is 33.6 Å². The molecule has 1 heterocycles. The summed E-state index contributed by atoms with van der Waals surface area (Å²) in [6.07, 6.45) is 5.32. The molecule has 1 atom stereocenters. The van der Waals surface area contributed by atoms with Gasteiger partial charge in [0.1, 0.15) is 0 Å². The third-order valence-corrected chi connectivity index (χ3v) is 2.89. The molecular formula is C11H22N4. The van der Waals surface area contributed by atoms with Crippen molar-refractivity contribution in [1.29, 1.82) is 0 Å². The lowest BCUT2D eigenvalue weighted by atomic mass is 9.92. The van der Waals surface area contributed by atoms with Crippen LogP contribution < -0.4 is 5.32 Å². The molecule has 4 nitrogen and oxygen atoms in total. The Morgan fingerprint density at radius 2 is 2.07 bits per heavy atom. The lowest BCUT2D eigenvalue weighted by Crippen LogP contribution is -2.29. The Kier molecular flexibility index (Phi) is 5.32. The molecule has 0 saturated carbocycles. The fraction of sp³-hybridized carbons (Fsp3) is 0.818. The molecule has 0 aromatic carbocycles. The highest BCUT2D eigenvalue weighted by molar-refractivity contribution is 5.01. The minimum absolute atomic E-state index is 0.346. The van der Waals surface area contributed by atoms with Crippen LogP contribution in [0, 0.1) is 5.92 Å². The molecule has 0 fully saturated rings. The van der Waals surface area contributed by atoms with E-state index in [-0.39, 0.29) is 0 Å². The molecule has 1 aromatic rings. The van der Waals surface area contributed by atoms with E-state index in [1.165, 1.54) is 12.8 Å². The van der Waals surface area contributed by atoms with Crippen molar-refractivity contribution in [3.8, 4) is 0 Å². The Morgan fingerprint density at radius 3 is 2.53 bits per heavy atom. The van der Waals surface area contributed by atoms with Crippen molar-refractivity contribution in [3.05, 3.63) is 11.9 Å². The predicted molar refractivity (Wildman–Crippen MR) is 61.5 cm³/mol. The zero-order chi connectivity index (χ0) is 11.1. The van der Waals surface area contributed by atoms with E-state index in [9.17, 15) is 0 Å². The van der Waals surface area contributed by atoms with E-state index >= 15 is 0 Å². The summed E-state index contributed by atoms with van der Waals surface area (Å²) in [7, 11) is 0. The molecule has 1 aromatic heterocycles. The molecule has 0 aliphatic carbocycles. The first kappa shape index (κ1) is 12.2. The van der Waals surface area contributed by atoms with Gasteiger partial charge in [-0.2, -0.15) is 15.4 Å². The maximum Gasteiger partial charge on any atom is 0.0996 e. The molecule has 2 N–H and O–H groups in total. The van der Waals surface area contributed by atoms with Crippen LogP contribution in [0.5, 0.6) is 0 Å². The molecular weight excluding hydrogens is 188 g/mol. The van der Waals surface area contributed by atoms with Crippen LogP contribution >= 0.6 is 0 Å². The smallest absolute Gasteiger partial charge is 0.0996 e. The minimum Gasteiger partial charge on any atom is -0.308 e. The van der Waals surface area contributed by atoms with Crippen molar-refractivity contribution in [2.45, 2.75) is 46.1 Å². The first-order chi connectivity index (χ1) is 7.33. The summed E-state index contributed by atoms with van der Waals surface area (Å²) in [5.41, 5.74) is 1.04. The average molecular weight is 210 g/mol. The Balaban J connectivity index is 2.68. The van der Waals surface area contributed by atoms with Gasteiger partial charge >= 0.3 is 0 Å². The van der Waals surface area contributed by atoms with Crippen molar-refractivity contribution in [1.82, 2.24) is 20.7 Å². The van der Waals surface area contributed by atoms with Crippen molar-refractivity contribution < 1.29 is 0 Å². The summed E-state index contributed by atoms with van der Waals surface area (Å²) in [6.45, 7) is 7.68. The van der Waals surface area contributed by atoms with Crippen molar-refractivity contribution in [2.75, 3.05) is 6.54 Å². The van der Waals surface area contributed by atoms with Crippen LogP contribution in [-0.4, -0.2) is 22.0 Å². The summed E-state index contributed by atoms with van der Waals surface area (Å²) in [6, 6.07) is 0.346. The Bertz CT molecular complexity index is 241. The third-order valence-electron chi connectivity index (χ3n) is 2.89. The standard InChI is InChI=1S/C11H22N4/c1-4-7-12-11(9(5-2)6-3)10-8-13-15-14-10/h8-9,11-12H,4-7H2,1-3H3,(H,13,14,15). The molecule has 0 aliphatic heterocycles. The van der Waals surface area contributed by atoms with E-state index in [2.05, 4.69) is 41.5 Å². The second kappa shape index (κ2) is 6.56. The van der Waals surface area contributed by atoms with Gasteiger partial charge in [0.2, 0.25) is 0 Å². The highest BCUT2D eigenvalue weighted by Crippen LogP contribution is 2.25. The maximum absolute atomic E-state index is 4.19. The van der Waals surface area contributed by atoms with Crippen LogP contribution in [0.1, 0.15) is 51.8 Å². The maximum atomic E-state index is 4.19. The molecule has 0 saturated heterocycles. The minimum atomic E-state index is 0.346. The first-order valence-corrected chi connectivity index (χ1v) is 5.92. The zero-order valence-corrected chi connectivity index (χ0v) is 9.95. The van der Waals surface area contributed by atoms with Gasteiger partial charge in [-0.05, 0) is 18.9 Å². The highest BCUT2D eigenvalue weighted by atomic mass is 15.3. The van der Waals surface area contributed by atoms with Crippen LogP contribution in [-0.2, 0) is 0 Å². The zero-order valence-electron chi connectivity index (χ0n) is 9.95. The number of nitrogens with zero attached hydrogens (tertiary/aromatic N) is 2. The molecule has 86 valence electrons. The highest BCUT2D eigenvalue weighted by Gasteiger charge is 2.21. The van der Waals surface area contributed by atoms with Gasteiger partial charge in [0.25, 0.3) is 0 Å². The SMILES string of the molecule is CCCNC(c1cn[nH]n1)C(CC)CC. The van der Waals surface area contributed by atoms with Crippen LogP contribution in [0.15, 0.2) is 6.20 Å². The quantitative estimate of drug-likeness (QED) is 0.726. The molecule has 0 bridgehead atoms. The number of nitrogens with one attached hydrogen (secondary N) is 2. The number of rotatable bonds is 7. The molecule has 0 spiro atoms. The Morgan fingerprint density at radius 1 is 1.33 bits per heavy atom. The number of hydrogen-bond acceptors (Lipinski definition) is 3. The van der Waals surface area contributed by atoms with E-state index < -0.39 is 0 Å². The van der Waals surface area contributed by atoms with Crippen LogP contribution in [0.2, 0.25) is 0 Å². The second-order valence-corrected chi connectivity index (χ2v) is 3.90. The largest absolute Gasteiger partial charge is 0.308 e. The fourth-order valence-corrected chi connectivity index (χ4v) is 1.93. The summed E-state index contributed by atoms with van der Waals surface area (Å²) < 4.78 is 0. The number of aromatic nitrogens is 3. The van der Waals surface area contributed by atoms with Crippen molar-refractivity contribution in [3.63, 3.8) is 0 Å². The molecule has 15 heavy (non-hydrogen) atoms. The summed E-state index contributed by atoms with van der Waals surface area (Å²) in [5, 5.41) is 14.3. The van der Waals surface area contributed by atoms with Gasteiger partial charge in [-0.15, -0.1) is 0 Å². The van der Waals surface area contributed by atoms with E-state index in [0.29, 0.717) is 12.0 Å². The first-order valence-electron chi connectivity index (χ1n) is 5.92. The number of aromatic amines is 1. The van der Waals surface area contributed by atoms with E-state index in [4.69, 9.17) is 0 Å². The van der Waals surface area contributed by atoms with Gasteiger partial charge in [0, 0.05) is 0 Å². The number of hydrogen-bond donors (Lipinski definition) is 2. The van der Waals surface area contributed by atoms with Crippen molar-refractivity contribution >= 4 is 0 Å². The molecule has 1 rings (SSSR count). The van der Waals surface area contributed by atoms with Gasteiger partial charge < -0.3 is 5.32 Å². The van der Waals surface area contributed by atoms with E-state index in [0.717, 1.165) is 18.7 Å². The van der Waals surface area contributed by atoms with Crippen LogP contribution in [0.4, 0.5) is 0 Å². The van der Waals surface area contributed by atoms with E-state index in [1.807, 2.05) is 6.20 Å². The Labute approximate surface area is 91.9 Å². The summed E-state index contributed by atoms with van der Waals surface area (Å²) >= 11 is 0. The van der Waals surface area contributed by atoms with Crippen molar-refractivity contribution in [2.24, 2.45) is 5.92 Å². The average Bonchev–Trinajstić information content (AvgIpc) is 2.77.